The molecule has 0 radical (unpaired) electrons. The second-order valence-electron chi connectivity index (χ2n) is 4.62. The smallest absolute Gasteiger partial charge is 0.274 e. The fourth-order valence-electron chi connectivity index (χ4n) is 2.26. The van der Waals surface area contributed by atoms with E-state index in [9.17, 15) is 4.79 Å². The van der Waals surface area contributed by atoms with E-state index in [-0.39, 0.29) is 5.91 Å². The summed E-state index contributed by atoms with van der Waals surface area (Å²) in [6.45, 7) is 3.43. The lowest BCUT2D eigenvalue weighted by atomic mass is 10.1. The molecule has 94 valence electrons. The summed E-state index contributed by atoms with van der Waals surface area (Å²) in [5.74, 6) is 0.995. The molecule has 0 aliphatic carbocycles. The van der Waals surface area contributed by atoms with Gasteiger partial charge in [-0.1, -0.05) is 0 Å². The zero-order valence-corrected chi connectivity index (χ0v) is 10.4. The number of nitrogens with zero attached hydrogens (tertiary/aromatic N) is 5. The molecular formula is C12H15N5O. The van der Waals surface area contributed by atoms with Crippen molar-refractivity contribution in [2.75, 3.05) is 13.1 Å². The Kier molecular flexibility index (Phi) is 2.43. The van der Waals surface area contributed by atoms with Gasteiger partial charge in [0, 0.05) is 38.7 Å². The number of carbonyl (C=O) groups excluding carboxylic acids is 1. The van der Waals surface area contributed by atoms with Crippen LogP contribution in [0.2, 0.25) is 0 Å². The maximum absolute atomic E-state index is 12.1. The number of imidazole rings is 1. The lowest BCUT2D eigenvalue weighted by molar-refractivity contribution is 0.0510. The molecule has 3 rings (SSSR count). The molecular weight excluding hydrogens is 230 g/mol. The van der Waals surface area contributed by atoms with E-state index in [4.69, 9.17) is 0 Å². The topological polar surface area (TPSA) is 56.0 Å². The molecule has 1 aliphatic heterocycles. The zero-order chi connectivity index (χ0) is 12.7. The summed E-state index contributed by atoms with van der Waals surface area (Å²) in [5, 5.41) is 4.13. The third-order valence-electron chi connectivity index (χ3n) is 3.34. The van der Waals surface area contributed by atoms with Crippen LogP contribution in [-0.4, -0.2) is 43.2 Å². The second-order valence-corrected chi connectivity index (χ2v) is 4.62. The van der Waals surface area contributed by atoms with Gasteiger partial charge >= 0.3 is 0 Å². The van der Waals surface area contributed by atoms with Crippen molar-refractivity contribution in [1.82, 2.24) is 24.2 Å². The third-order valence-corrected chi connectivity index (χ3v) is 3.34. The van der Waals surface area contributed by atoms with Gasteiger partial charge in [0.05, 0.1) is 6.04 Å². The quantitative estimate of drug-likeness (QED) is 0.779. The van der Waals surface area contributed by atoms with Gasteiger partial charge in [-0.25, -0.2) is 4.98 Å². The van der Waals surface area contributed by atoms with Crippen molar-refractivity contribution in [1.29, 1.82) is 0 Å². The second kappa shape index (κ2) is 3.97. The molecule has 0 aromatic carbocycles. The molecule has 0 saturated carbocycles. The Morgan fingerprint density at radius 1 is 1.39 bits per heavy atom. The van der Waals surface area contributed by atoms with Crippen molar-refractivity contribution in [2.45, 2.75) is 13.0 Å². The Bertz CT molecular complexity index is 579. The van der Waals surface area contributed by atoms with Gasteiger partial charge in [0.2, 0.25) is 0 Å². The SMILES string of the molecule is Cc1nccn1C1CN(C(=O)c2ccn(C)n2)C1. The van der Waals surface area contributed by atoms with Gasteiger partial charge in [0.1, 0.15) is 11.5 Å². The number of likely N-dealkylation sites (tertiary alicyclic amines) is 1. The van der Waals surface area contributed by atoms with Gasteiger partial charge in [-0.05, 0) is 13.0 Å². The van der Waals surface area contributed by atoms with Crippen LogP contribution in [0.15, 0.2) is 24.7 Å². The van der Waals surface area contributed by atoms with Crippen LogP contribution in [0.1, 0.15) is 22.4 Å². The molecule has 18 heavy (non-hydrogen) atoms. The molecule has 1 saturated heterocycles. The highest BCUT2D eigenvalue weighted by Crippen LogP contribution is 2.23. The minimum Gasteiger partial charge on any atom is -0.333 e. The predicted molar refractivity (Wildman–Crippen MR) is 65.1 cm³/mol. The van der Waals surface area contributed by atoms with E-state index >= 15 is 0 Å². The van der Waals surface area contributed by atoms with Crippen molar-refractivity contribution < 1.29 is 4.79 Å². The van der Waals surface area contributed by atoms with Crippen LogP contribution in [0.5, 0.6) is 0 Å². The highest BCUT2D eigenvalue weighted by molar-refractivity contribution is 5.92. The fraction of sp³-hybridized carbons (Fsp3) is 0.417. The third kappa shape index (κ3) is 1.70. The molecule has 0 N–H and O–H groups in total. The minimum atomic E-state index is 0.00428. The van der Waals surface area contributed by atoms with Crippen LogP contribution in [-0.2, 0) is 7.05 Å². The van der Waals surface area contributed by atoms with Crippen molar-refractivity contribution in [3.63, 3.8) is 0 Å². The molecule has 6 nitrogen and oxygen atoms in total. The molecule has 1 amide bonds. The highest BCUT2D eigenvalue weighted by Gasteiger charge is 2.33. The Morgan fingerprint density at radius 3 is 2.72 bits per heavy atom. The predicted octanol–water partition coefficient (Wildman–Crippen LogP) is 0.622. The first-order valence-electron chi connectivity index (χ1n) is 5.93. The Morgan fingerprint density at radius 2 is 2.17 bits per heavy atom. The molecule has 6 heteroatoms. The van der Waals surface area contributed by atoms with E-state index in [1.807, 2.05) is 25.1 Å². The first kappa shape index (κ1) is 11.0. The number of hydrogen-bond donors (Lipinski definition) is 0. The summed E-state index contributed by atoms with van der Waals surface area (Å²) in [4.78, 5) is 18.1. The van der Waals surface area contributed by atoms with E-state index in [0.29, 0.717) is 11.7 Å². The van der Waals surface area contributed by atoms with Gasteiger partial charge < -0.3 is 9.47 Å². The average Bonchev–Trinajstić information content (AvgIpc) is 2.86. The largest absolute Gasteiger partial charge is 0.333 e. The molecule has 3 heterocycles. The van der Waals surface area contributed by atoms with E-state index < -0.39 is 0 Å². The van der Waals surface area contributed by atoms with Crippen LogP contribution < -0.4 is 0 Å². The van der Waals surface area contributed by atoms with E-state index in [1.165, 1.54) is 0 Å². The van der Waals surface area contributed by atoms with Crippen molar-refractivity contribution in [3.8, 4) is 0 Å². The Hall–Kier alpha value is -2.11. The summed E-state index contributed by atoms with van der Waals surface area (Å²) in [6, 6.07) is 2.10. The molecule has 1 fully saturated rings. The number of hydrogen-bond acceptors (Lipinski definition) is 3. The molecule has 0 atom stereocenters. The van der Waals surface area contributed by atoms with Gasteiger partial charge in [-0.2, -0.15) is 5.10 Å². The average molecular weight is 245 g/mol. The summed E-state index contributed by atoms with van der Waals surface area (Å²) < 4.78 is 3.76. The molecule has 1 aliphatic rings. The van der Waals surface area contributed by atoms with Crippen LogP contribution in [0.3, 0.4) is 0 Å². The molecule has 0 spiro atoms. The number of aryl methyl sites for hydroxylation is 2. The van der Waals surface area contributed by atoms with E-state index in [2.05, 4.69) is 14.6 Å². The lowest BCUT2D eigenvalue weighted by Crippen LogP contribution is -2.50. The summed E-state index contributed by atoms with van der Waals surface area (Å²) >= 11 is 0. The minimum absolute atomic E-state index is 0.00428. The van der Waals surface area contributed by atoms with Gasteiger partial charge in [-0.15, -0.1) is 0 Å². The maximum Gasteiger partial charge on any atom is 0.274 e. The number of rotatable bonds is 2. The highest BCUT2D eigenvalue weighted by atomic mass is 16.2. The van der Waals surface area contributed by atoms with Crippen molar-refractivity contribution in [2.24, 2.45) is 7.05 Å². The first-order chi connectivity index (χ1) is 8.65. The molecule has 0 bridgehead atoms. The van der Waals surface area contributed by atoms with E-state index in [0.717, 1.165) is 18.9 Å². The van der Waals surface area contributed by atoms with Crippen molar-refractivity contribution >= 4 is 5.91 Å². The van der Waals surface area contributed by atoms with Crippen LogP contribution in [0.25, 0.3) is 0 Å². The maximum atomic E-state index is 12.1. The van der Waals surface area contributed by atoms with Crippen LogP contribution in [0.4, 0.5) is 0 Å². The Labute approximate surface area is 105 Å². The molecule has 2 aromatic rings. The van der Waals surface area contributed by atoms with Gasteiger partial charge in [-0.3, -0.25) is 9.48 Å². The van der Waals surface area contributed by atoms with Crippen molar-refractivity contribution in [3.05, 3.63) is 36.2 Å². The number of carbonyl (C=O) groups is 1. The Balaban J connectivity index is 1.66. The monoisotopic (exact) mass is 245 g/mol. The summed E-state index contributed by atoms with van der Waals surface area (Å²) in [7, 11) is 1.81. The summed E-state index contributed by atoms with van der Waals surface area (Å²) in [6.07, 6.45) is 5.53. The zero-order valence-electron chi connectivity index (χ0n) is 10.4. The molecule has 0 unspecified atom stereocenters. The van der Waals surface area contributed by atoms with Gasteiger partial charge in [0.15, 0.2) is 0 Å². The lowest BCUT2D eigenvalue weighted by Gasteiger charge is -2.39. The van der Waals surface area contributed by atoms with Crippen LogP contribution >= 0.6 is 0 Å². The number of amides is 1. The fourth-order valence-corrected chi connectivity index (χ4v) is 2.26. The number of aromatic nitrogens is 4. The normalized spacial score (nSPS) is 15.8. The van der Waals surface area contributed by atoms with Gasteiger partial charge in [0.25, 0.3) is 5.91 Å². The van der Waals surface area contributed by atoms with Crippen LogP contribution in [0, 0.1) is 6.92 Å². The molecule has 2 aromatic heterocycles. The van der Waals surface area contributed by atoms with E-state index in [1.54, 1.807) is 23.1 Å². The standard InChI is InChI=1S/C12H15N5O/c1-9-13-4-6-17(9)10-7-16(8-10)12(18)11-3-5-15(2)14-11/h3-6,10H,7-8H2,1-2H3. The summed E-state index contributed by atoms with van der Waals surface area (Å²) in [5.41, 5.74) is 0.512. The first-order valence-corrected chi connectivity index (χ1v) is 5.93.